The normalized spacial score (nSPS) is 11.5. The highest BCUT2D eigenvalue weighted by Crippen LogP contribution is 2.21. The van der Waals surface area contributed by atoms with Crippen LogP contribution in [0.15, 0.2) is 48.5 Å². The molecule has 3 heteroatoms. The highest BCUT2D eigenvalue weighted by molar-refractivity contribution is 7.17. The van der Waals surface area contributed by atoms with E-state index >= 15 is 0 Å². The maximum atomic E-state index is 13.1. The summed E-state index contributed by atoms with van der Waals surface area (Å²) in [5.74, 6) is -0.0117. The summed E-state index contributed by atoms with van der Waals surface area (Å²) in [6.07, 6.45) is 1.04. The molecule has 0 radical (unpaired) electrons. The molecule has 1 N–H and O–H groups in total. The van der Waals surface area contributed by atoms with Gasteiger partial charge in [-0.15, -0.1) is 9.24 Å². The van der Waals surface area contributed by atoms with Crippen molar-refractivity contribution in [2.24, 2.45) is 0 Å². The molecule has 2 aromatic carbocycles. The van der Waals surface area contributed by atoms with E-state index in [1.165, 1.54) is 17.2 Å². The molecule has 1 nitrogen and oxygen atoms in total. The summed E-state index contributed by atoms with van der Waals surface area (Å²) >= 11 is 0. The number of halogens is 1. The molecular formula is C18H25FNP. The van der Waals surface area contributed by atoms with Crippen LogP contribution in [0.25, 0.3) is 0 Å². The van der Waals surface area contributed by atoms with Gasteiger partial charge in [0, 0.05) is 12.3 Å². The van der Waals surface area contributed by atoms with E-state index in [4.69, 9.17) is 0 Å². The molecule has 0 spiro atoms. The highest BCUT2D eigenvalue weighted by atomic mass is 31.0. The van der Waals surface area contributed by atoms with Crippen molar-refractivity contribution in [2.75, 3.05) is 0 Å². The van der Waals surface area contributed by atoms with Gasteiger partial charge in [0.1, 0.15) is 5.82 Å². The molecule has 0 saturated heterocycles. The van der Waals surface area contributed by atoms with Crippen LogP contribution < -0.4 is 5.32 Å². The lowest BCUT2D eigenvalue weighted by Gasteiger charge is -2.15. The van der Waals surface area contributed by atoms with Gasteiger partial charge < -0.3 is 5.32 Å². The molecule has 0 bridgehead atoms. The minimum Gasteiger partial charge on any atom is -0.303 e. The molecular weight excluding hydrogens is 280 g/mol. The van der Waals surface area contributed by atoms with E-state index in [1.54, 1.807) is 12.1 Å². The van der Waals surface area contributed by atoms with Gasteiger partial charge in [0.05, 0.1) is 0 Å². The van der Waals surface area contributed by atoms with Crippen LogP contribution in [0.1, 0.15) is 43.2 Å². The Balaban J connectivity index is 0.00000106. The molecule has 0 saturated carbocycles. The lowest BCUT2D eigenvalue weighted by molar-refractivity contribution is 0.618. The smallest absolute Gasteiger partial charge is 0.123 e. The molecule has 0 aliphatic rings. The topological polar surface area (TPSA) is 12.0 Å². The number of rotatable bonds is 5. The number of hydrogen-bond acceptors (Lipinski definition) is 1. The zero-order valence-corrected chi connectivity index (χ0v) is 14.2. The van der Waals surface area contributed by atoms with Gasteiger partial charge in [0.15, 0.2) is 0 Å². The van der Waals surface area contributed by atoms with Crippen LogP contribution in [-0.2, 0) is 13.0 Å². The number of benzene rings is 2. The summed E-state index contributed by atoms with van der Waals surface area (Å²) < 4.78 is 13.1. The fourth-order valence-corrected chi connectivity index (χ4v) is 2.32. The Morgan fingerprint density at radius 3 is 2.38 bits per heavy atom. The van der Waals surface area contributed by atoms with Crippen LogP contribution in [-0.4, -0.2) is 0 Å². The van der Waals surface area contributed by atoms with Crippen LogP contribution in [0.2, 0.25) is 0 Å². The fraction of sp³-hybridized carbons (Fsp3) is 0.333. The molecule has 0 aromatic heterocycles. The number of hydrogen-bond donors (Lipinski definition) is 1. The van der Waals surface area contributed by atoms with Gasteiger partial charge in [-0.25, -0.2) is 4.39 Å². The zero-order valence-electron chi connectivity index (χ0n) is 13.1. The van der Waals surface area contributed by atoms with Gasteiger partial charge in [-0.05, 0) is 35.2 Å². The van der Waals surface area contributed by atoms with Gasteiger partial charge in [-0.1, -0.05) is 57.2 Å². The van der Waals surface area contributed by atoms with E-state index in [0.29, 0.717) is 6.54 Å². The predicted molar refractivity (Wildman–Crippen MR) is 92.9 cm³/mol. The Bertz CT molecular complexity index is 542. The molecule has 0 heterocycles. The fourth-order valence-electron chi connectivity index (χ4n) is 2.00. The average Bonchev–Trinajstić information content (AvgIpc) is 2.54. The third kappa shape index (κ3) is 5.95. The van der Waals surface area contributed by atoms with E-state index in [-0.39, 0.29) is 11.6 Å². The number of aryl methyl sites for hydroxylation is 1. The number of nitrogens with one attached hydrogen (secondary N) is 1. The van der Waals surface area contributed by atoms with Crippen LogP contribution in [0.4, 0.5) is 4.39 Å². The first kappa shape index (κ1) is 17.8. The van der Waals surface area contributed by atoms with Gasteiger partial charge in [0.2, 0.25) is 0 Å². The minimum absolute atomic E-state index is 0.176. The van der Waals surface area contributed by atoms with E-state index in [0.717, 1.165) is 12.0 Å². The Hall–Kier alpha value is -1.24. The summed E-state index contributed by atoms with van der Waals surface area (Å²) in [7, 11) is 2.79. The standard InChI is InChI=1S/C16H19FNP.C2H6/c1-2-12-5-3-7-14(9-12)16(19)18-11-13-6-4-8-15(17)10-13;1-2/h3-10,16,18H,2,11,19H2,1H3;1-2H3. The Morgan fingerprint density at radius 2 is 1.71 bits per heavy atom. The summed E-state index contributed by atoms with van der Waals surface area (Å²) in [6, 6.07) is 15.2. The van der Waals surface area contributed by atoms with Crippen molar-refractivity contribution < 1.29 is 4.39 Å². The van der Waals surface area contributed by atoms with Crippen molar-refractivity contribution in [3.63, 3.8) is 0 Å². The molecule has 0 aliphatic heterocycles. The Morgan fingerprint density at radius 1 is 1.05 bits per heavy atom. The maximum absolute atomic E-state index is 13.1. The second kappa shape index (κ2) is 9.65. The van der Waals surface area contributed by atoms with Crippen molar-refractivity contribution in [3.05, 3.63) is 71.0 Å². The Kier molecular flexibility index (Phi) is 8.19. The van der Waals surface area contributed by atoms with E-state index in [1.807, 2.05) is 19.9 Å². The molecule has 2 aromatic rings. The molecule has 0 aliphatic carbocycles. The van der Waals surface area contributed by atoms with E-state index in [9.17, 15) is 4.39 Å². The summed E-state index contributed by atoms with van der Waals surface area (Å²) in [6.45, 7) is 6.80. The van der Waals surface area contributed by atoms with Gasteiger partial charge in [-0.2, -0.15) is 0 Å². The maximum Gasteiger partial charge on any atom is 0.123 e. The lowest BCUT2D eigenvalue weighted by atomic mass is 10.1. The van der Waals surface area contributed by atoms with Gasteiger partial charge >= 0.3 is 0 Å². The van der Waals surface area contributed by atoms with Crippen molar-refractivity contribution in [1.29, 1.82) is 0 Å². The van der Waals surface area contributed by atoms with Crippen LogP contribution in [0.5, 0.6) is 0 Å². The van der Waals surface area contributed by atoms with Crippen molar-refractivity contribution in [2.45, 2.75) is 39.5 Å². The van der Waals surface area contributed by atoms with Crippen molar-refractivity contribution >= 4 is 9.24 Å². The zero-order chi connectivity index (χ0) is 15.7. The van der Waals surface area contributed by atoms with Crippen LogP contribution >= 0.6 is 9.24 Å². The highest BCUT2D eigenvalue weighted by Gasteiger charge is 2.05. The monoisotopic (exact) mass is 305 g/mol. The first-order valence-corrected chi connectivity index (χ1v) is 8.18. The molecule has 0 fully saturated rings. The molecule has 0 amide bonds. The van der Waals surface area contributed by atoms with Crippen LogP contribution in [0, 0.1) is 5.82 Å². The minimum atomic E-state index is -0.187. The third-order valence-electron chi connectivity index (χ3n) is 3.13. The molecule has 2 atom stereocenters. The van der Waals surface area contributed by atoms with Crippen molar-refractivity contribution in [3.8, 4) is 0 Å². The molecule has 114 valence electrons. The largest absolute Gasteiger partial charge is 0.303 e. The van der Waals surface area contributed by atoms with Crippen LogP contribution in [0.3, 0.4) is 0 Å². The lowest BCUT2D eigenvalue weighted by Crippen LogP contribution is -2.16. The summed E-state index contributed by atoms with van der Waals surface area (Å²) in [4.78, 5) is 0. The van der Waals surface area contributed by atoms with Gasteiger partial charge in [0.25, 0.3) is 0 Å². The second-order valence-corrected chi connectivity index (χ2v) is 5.25. The quantitative estimate of drug-likeness (QED) is 0.760. The Labute approximate surface area is 130 Å². The molecule has 21 heavy (non-hydrogen) atoms. The predicted octanol–water partition coefficient (Wildman–Crippen LogP) is 5.08. The second-order valence-electron chi connectivity index (χ2n) is 4.59. The molecule has 2 unspecified atom stereocenters. The summed E-state index contributed by atoms with van der Waals surface area (Å²) in [5.41, 5.74) is 3.53. The average molecular weight is 305 g/mol. The third-order valence-corrected chi connectivity index (χ3v) is 3.75. The van der Waals surface area contributed by atoms with E-state index in [2.05, 4.69) is 45.7 Å². The first-order valence-electron chi connectivity index (χ1n) is 7.51. The van der Waals surface area contributed by atoms with Crippen molar-refractivity contribution in [1.82, 2.24) is 5.32 Å². The summed E-state index contributed by atoms with van der Waals surface area (Å²) in [5, 5.41) is 3.39. The SMILES string of the molecule is CC.CCc1cccc(C(P)NCc2cccc(F)c2)c1. The van der Waals surface area contributed by atoms with Gasteiger partial charge in [-0.3, -0.25) is 0 Å². The molecule has 2 rings (SSSR count). The first-order chi connectivity index (χ1) is 10.2. The van der Waals surface area contributed by atoms with E-state index < -0.39 is 0 Å².